The predicted octanol–water partition coefficient (Wildman–Crippen LogP) is 5.46. The Morgan fingerprint density at radius 2 is 1.52 bits per heavy atom. The highest BCUT2D eigenvalue weighted by Gasteiger charge is 2.32. The fourth-order valence-corrected chi connectivity index (χ4v) is 4.10. The maximum absolute atomic E-state index is 11.9. The zero-order valence-corrected chi connectivity index (χ0v) is 20.2. The maximum atomic E-state index is 11.9. The van der Waals surface area contributed by atoms with Crippen LogP contribution in [0.2, 0.25) is 0 Å². The van der Waals surface area contributed by atoms with Crippen molar-refractivity contribution in [2.24, 2.45) is 5.92 Å². The van der Waals surface area contributed by atoms with Crippen molar-refractivity contribution in [2.45, 2.75) is 117 Å². The van der Waals surface area contributed by atoms with Gasteiger partial charge in [0.1, 0.15) is 0 Å². The van der Waals surface area contributed by atoms with Crippen molar-refractivity contribution in [1.82, 2.24) is 11.5 Å². The third-order valence-electron chi connectivity index (χ3n) is 5.68. The largest absolute Gasteiger partial charge is 0.726 e. The van der Waals surface area contributed by atoms with Gasteiger partial charge < -0.3 is 16.0 Å². The summed E-state index contributed by atoms with van der Waals surface area (Å²) in [5, 5.41) is 2.92. The number of carbonyl (C=O) groups is 1. The quantitative estimate of drug-likeness (QED) is 0.166. The van der Waals surface area contributed by atoms with Crippen LogP contribution in [0.15, 0.2) is 0 Å². The van der Waals surface area contributed by atoms with Crippen molar-refractivity contribution in [3.63, 3.8) is 0 Å². The second kappa shape index (κ2) is 17.0. The van der Waals surface area contributed by atoms with Gasteiger partial charge in [0.2, 0.25) is 16.3 Å². The molecule has 0 radical (unpaired) electrons. The number of carbonyl (C=O) groups excluding carboxylic acids is 1. The molecule has 0 fully saturated rings. The second-order valence-electron chi connectivity index (χ2n) is 8.13. The summed E-state index contributed by atoms with van der Waals surface area (Å²) in [5.74, 6) is -0.0253. The minimum absolute atomic E-state index is 0. The van der Waals surface area contributed by atoms with E-state index in [1.807, 2.05) is 6.92 Å². The van der Waals surface area contributed by atoms with E-state index in [0.717, 1.165) is 19.3 Å². The van der Waals surface area contributed by atoms with Gasteiger partial charge in [-0.15, -0.1) is 0 Å². The number of hydrogen-bond donors (Lipinski definition) is 2. The smallest absolute Gasteiger partial charge is 0.219 e. The van der Waals surface area contributed by atoms with E-state index in [1.165, 1.54) is 44.9 Å². The Labute approximate surface area is 179 Å². The summed E-state index contributed by atoms with van der Waals surface area (Å²) in [7, 11) is -4.73. The predicted molar refractivity (Wildman–Crippen MR) is 119 cm³/mol. The zero-order valence-electron chi connectivity index (χ0n) is 19.4. The van der Waals surface area contributed by atoms with Crippen LogP contribution in [0.5, 0.6) is 0 Å². The summed E-state index contributed by atoms with van der Waals surface area (Å²) in [6, 6.07) is 0. The van der Waals surface area contributed by atoms with Crippen LogP contribution in [0.1, 0.15) is 111 Å². The number of hydrogen-bond acceptors (Lipinski definition) is 5. The first-order valence-corrected chi connectivity index (χ1v) is 12.4. The Kier molecular flexibility index (Phi) is 17.9. The van der Waals surface area contributed by atoms with Crippen molar-refractivity contribution in [3.05, 3.63) is 0 Å². The van der Waals surface area contributed by atoms with Crippen molar-refractivity contribution in [2.75, 3.05) is 6.54 Å². The molecule has 0 aliphatic heterocycles. The number of amides is 1. The molecular weight excluding hydrogens is 392 g/mol. The Morgan fingerprint density at radius 3 is 2.00 bits per heavy atom. The molecule has 0 spiro atoms. The van der Waals surface area contributed by atoms with E-state index in [-0.39, 0.29) is 18.0 Å². The van der Waals surface area contributed by atoms with Crippen molar-refractivity contribution >= 4 is 16.3 Å². The lowest BCUT2D eigenvalue weighted by atomic mass is 9.85. The van der Waals surface area contributed by atoms with E-state index < -0.39 is 16.0 Å². The molecule has 29 heavy (non-hydrogen) atoms. The van der Waals surface area contributed by atoms with Crippen molar-refractivity contribution in [1.29, 1.82) is 0 Å². The van der Waals surface area contributed by atoms with E-state index in [0.29, 0.717) is 25.8 Å². The third-order valence-corrected chi connectivity index (χ3v) is 6.27. The van der Waals surface area contributed by atoms with Crippen LogP contribution in [0, 0.1) is 5.92 Å². The average molecular weight is 439 g/mol. The zero-order chi connectivity index (χ0) is 21.5. The summed E-state index contributed by atoms with van der Waals surface area (Å²) < 4.78 is 37.5. The van der Waals surface area contributed by atoms with Gasteiger partial charge in [0.15, 0.2) is 0 Å². The molecule has 0 aromatic rings. The standard InChI is InChI=1S/C21H43NO5S.H3N/c1-5-7-8-9-10-11-12-13-14-17-20(23)22-18-15-16-19(3)21(4,6-2)27-28(24,25)26;/h19H,5-18H2,1-4H3,(H,22,23)(H,24,25,26);1H3. The van der Waals surface area contributed by atoms with E-state index >= 15 is 0 Å². The summed E-state index contributed by atoms with van der Waals surface area (Å²) in [6.45, 7) is 8.11. The molecule has 0 aliphatic carbocycles. The summed E-state index contributed by atoms with van der Waals surface area (Å²) in [5.41, 5.74) is -0.999. The van der Waals surface area contributed by atoms with Crippen LogP contribution in [-0.4, -0.2) is 31.0 Å². The molecule has 0 aromatic carbocycles. The number of quaternary nitrogens is 1. The maximum Gasteiger partial charge on any atom is 0.219 e. The topological polar surface area (TPSA) is 132 Å². The van der Waals surface area contributed by atoms with Gasteiger partial charge in [-0.1, -0.05) is 72.1 Å². The first-order valence-electron chi connectivity index (χ1n) is 11.1. The molecular formula is C21H46N2O5S. The Hall–Kier alpha value is -0.700. The SMILES string of the molecule is CCCCCCCCCCCC(=O)NCCCC(C)C(C)(CC)OS(=O)(=O)[O-].[NH4+]. The first kappa shape index (κ1) is 30.5. The van der Waals surface area contributed by atoms with Crippen LogP contribution < -0.4 is 11.5 Å². The van der Waals surface area contributed by atoms with E-state index in [1.54, 1.807) is 13.8 Å². The molecule has 2 unspecified atom stereocenters. The molecule has 176 valence electrons. The number of rotatable bonds is 18. The fraction of sp³-hybridized carbons (Fsp3) is 0.952. The van der Waals surface area contributed by atoms with Gasteiger partial charge in [0, 0.05) is 13.0 Å². The average Bonchev–Trinajstić information content (AvgIpc) is 2.62. The molecule has 0 aromatic heterocycles. The van der Waals surface area contributed by atoms with E-state index in [9.17, 15) is 17.8 Å². The number of unbranched alkanes of at least 4 members (excludes halogenated alkanes) is 8. The van der Waals surface area contributed by atoms with Crippen LogP contribution in [0.4, 0.5) is 0 Å². The van der Waals surface area contributed by atoms with E-state index in [2.05, 4.69) is 12.2 Å². The summed E-state index contributed by atoms with van der Waals surface area (Å²) in [6.07, 6.45) is 13.5. The highest BCUT2D eigenvalue weighted by atomic mass is 32.3. The van der Waals surface area contributed by atoms with Gasteiger partial charge in [-0.2, -0.15) is 0 Å². The minimum atomic E-state index is -4.73. The van der Waals surface area contributed by atoms with Crippen LogP contribution in [-0.2, 0) is 19.4 Å². The van der Waals surface area contributed by atoms with Gasteiger partial charge in [-0.25, -0.2) is 8.42 Å². The molecule has 2 atom stereocenters. The highest BCUT2D eigenvalue weighted by Crippen LogP contribution is 2.30. The van der Waals surface area contributed by atoms with Crippen molar-refractivity contribution < 1.29 is 21.9 Å². The lowest BCUT2D eigenvalue weighted by Gasteiger charge is -2.35. The van der Waals surface area contributed by atoms with Gasteiger partial charge in [-0.3, -0.25) is 8.98 Å². The highest BCUT2D eigenvalue weighted by molar-refractivity contribution is 7.80. The van der Waals surface area contributed by atoms with Gasteiger partial charge >= 0.3 is 0 Å². The number of nitrogens with one attached hydrogen (secondary N) is 1. The molecule has 0 saturated carbocycles. The van der Waals surface area contributed by atoms with Crippen LogP contribution >= 0.6 is 0 Å². The Morgan fingerprint density at radius 1 is 1.00 bits per heavy atom. The normalized spacial score (nSPS) is 14.7. The third kappa shape index (κ3) is 16.7. The second-order valence-corrected chi connectivity index (χ2v) is 9.11. The fourth-order valence-electron chi connectivity index (χ4n) is 3.35. The molecule has 0 aliphatic rings. The Balaban J connectivity index is 0. The van der Waals surface area contributed by atoms with Crippen LogP contribution in [0.25, 0.3) is 0 Å². The molecule has 7 nitrogen and oxygen atoms in total. The van der Waals surface area contributed by atoms with Crippen molar-refractivity contribution in [3.8, 4) is 0 Å². The van der Waals surface area contributed by atoms with Gasteiger partial charge in [0.05, 0.1) is 5.60 Å². The summed E-state index contributed by atoms with van der Waals surface area (Å²) in [4.78, 5) is 11.9. The lowest BCUT2D eigenvalue weighted by molar-refractivity contribution is -0.121. The summed E-state index contributed by atoms with van der Waals surface area (Å²) >= 11 is 0. The molecule has 8 heteroatoms. The molecule has 5 N–H and O–H groups in total. The lowest BCUT2D eigenvalue weighted by Crippen LogP contribution is -2.38. The molecule has 1 amide bonds. The molecule has 0 rings (SSSR count). The van der Waals surface area contributed by atoms with E-state index in [4.69, 9.17) is 4.18 Å². The molecule has 0 heterocycles. The first-order chi connectivity index (χ1) is 13.1. The van der Waals surface area contributed by atoms with Gasteiger partial charge in [0.25, 0.3) is 0 Å². The Bertz CT molecular complexity index is 513. The molecule has 0 bridgehead atoms. The van der Waals surface area contributed by atoms with Crippen LogP contribution in [0.3, 0.4) is 0 Å². The van der Waals surface area contributed by atoms with Gasteiger partial charge in [-0.05, 0) is 38.5 Å². The molecule has 0 saturated heterocycles. The minimum Gasteiger partial charge on any atom is -0.726 e. The monoisotopic (exact) mass is 438 g/mol.